The zero-order chi connectivity index (χ0) is 26.0. The lowest BCUT2D eigenvalue weighted by Gasteiger charge is -2.40. The number of ether oxygens (including phenoxy) is 3. The van der Waals surface area contributed by atoms with Crippen molar-refractivity contribution in [2.24, 2.45) is 5.41 Å². The second-order valence-electron chi connectivity index (χ2n) is 11.2. The van der Waals surface area contributed by atoms with E-state index >= 15 is 0 Å². The topological polar surface area (TPSA) is 86.7 Å². The number of carbonyl (C=O) groups is 1. The van der Waals surface area contributed by atoms with Crippen LogP contribution in [0, 0.1) is 12.3 Å². The van der Waals surface area contributed by atoms with E-state index in [4.69, 9.17) is 14.2 Å². The Hall–Kier alpha value is -2.74. The van der Waals surface area contributed by atoms with Crippen LogP contribution in [0.3, 0.4) is 0 Å². The summed E-state index contributed by atoms with van der Waals surface area (Å²) in [4.78, 5) is 29.5. The fourth-order valence-corrected chi connectivity index (χ4v) is 4.20. The molecule has 3 heterocycles. The van der Waals surface area contributed by atoms with E-state index < -0.39 is 17.7 Å². The molecule has 0 spiro atoms. The first-order chi connectivity index (χ1) is 16.3. The summed E-state index contributed by atoms with van der Waals surface area (Å²) < 4.78 is 17.3. The third-order valence-corrected chi connectivity index (χ3v) is 6.12. The Morgan fingerprint density at radius 1 is 1.06 bits per heavy atom. The van der Waals surface area contributed by atoms with Crippen LogP contribution in [-0.2, 0) is 14.3 Å². The van der Waals surface area contributed by atoms with Gasteiger partial charge in [0.2, 0.25) is 0 Å². The highest BCUT2D eigenvalue weighted by atomic mass is 16.6. The molecule has 1 aliphatic rings. The van der Waals surface area contributed by atoms with Crippen LogP contribution < -0.4 is 9.64 Å². The number of piperidine rings is 1. The maximum atomic E-state index is 13.4. The summed E-state index contributed by atoms with van der Waals surface area (Å²) >= 11 is 0. The molecule has 0 N–H and O–H groups in total. The first kappa shape index (κ1) is 26.9. The largest absolute Gasteiger partial charge is 0.494 e. The molecule has 8 nitrogen and oxygen atoms in total. The molecule has 0 radical (unpaired) electrons. The highest BCUT2D eigenvalue weighted by Crippen LogP contribution is 2.43. The highest BCUT2D eigenvalue weighted by molar-refractivity contribution is 5.85. The summed E-state index contributed by atoms with van der Waals surface area (Å²) in [5.41, 5.74) is 2.74. The first-order valence-corrected chi connectivity index (χ1v) is 12.3. The molecule has 0 bridgehead atoms. The predicted molar refractivity (Wildman–Crippen MR) is 137 cm³/mol. The van der Waals surface area contributed by atoms with Gasteiger partial charge in [-0.2, -0.15) is 0 Å². The molecule has 3 rings (SSSR count). The second-order valence-corrected chi connectivity index (χ2v) is 11.2. The molecule has 1 aliphatic heterocycles. The summed E-state index contributed by atoms with van der Waals surface area (Å²) in [5.74, 6) is 0.669. The lowest BCUT2D eigenvalue weighted by atomic mass is 9.82. The van der Waals surface area contributed by atoms with Crippen molar-refractivity contribution >= 4 is 11.7 Å². The molecule has 0 unspecified atom stereocenters. The number of aryl methyl sites for hydroxylation is 1. The smallest absolute Gasteiger partial charge is 0.340 e. The zero-order valence-electron chi connectivity index (χ0n) is 22.6. The first-order valence-electron chi connectivity index (χ1n) is 12.3. The molecule has 1 fully saturated rings. The van der Waals surface area contributed by atoms with Gasteiger partial charge >= 0.3 is 5.97 Å². The standard InChI is InChI=1S/C27H40N4O4/c1-17(2)34-25(32)23(35-26(4,5)6)21-18(3)28-16-20(24-29-14-19(33-9)15-30-24)22(21)31-12-10-27(7,8)11-13-31/h14-17,23H,10-13H2,1-9H3/t23-/m0/s1. The summed E-state index contributed by atoms with van der Waals surface area (Å²) in [6.45, 7) is 17.7. The molecule has 192 valence electrons. The van der Waals surface area contributed by atoms with Gasteiger partial charge in [-0.25, -0.2) is 14.8 Å². The van der Waals surface area contributed by atoms with E-state index in [0.717, 1.165) is 42.9 Å². The van der Waals surface area contributed by atoms with Crippen molar-refractivity contribution in [2.75, 3.05) is 25.1 Å². The van der Waals surface area contributed by atoms with Gasteiger partial charge in [-0.1, -0.05) is 13.8 Å². The number of anilines is 1. The molecule has 0 aromatic carbocycles. The van der Waals surface area contributed by atoms with Crippen molar-refractivity contribution in [3.8, 4) is 17.1 Å². The minimum absolute atomic E-state index is 0.257. The Balaban J connectivity index is 2.23. The van der Waals surface area contributed by atoms with Crippen molar-refractivity contribution in [1.82, 2.24) is 15.0 Å². The van der Waals surface area contributed by atoms with Gasteiger partial charge in [0.25, 0.3) is 0 Å². The number of methoxy groups -OCH3 is 1. The zero-order valence-corrected chi connectivity index (χ0v) is 22.6. The summed E-state index contributed by atoms with van der Waals surface area (Å²) in [6.07, 6.45) is 5.91. The number of aromatic nitrogens is 3. The van der Waals surface area contributed by atoms with Gasteiger partial charge in [0.05, 0.1) is 42.5 Å². The molecular formula is C27H40N4O4. The fraction of sp³-hybridized carbons (Fsp3) is 0.630. The van der Waals surface area contributed by atoms with E-state index in [0.29, 0.717) is 17.1 Å². The molecule has 1 saturated heterocycles. The van der Waals surface area contributed by atoms with Crippen LogP contribution >= 0.6 is 0 Å². The van der Waals surface area contributed by atoms with Gasteiger partial charge in [-0.15, -0.1) is 0 Å². The van der Waals surface area contributed by atoms with Gasteiger partial charge in [-0.3, -0.25) is 4.98 Å². The van der Waals surface area contributed by atoms with Crippen molar-refractivity contribution in [2.45, 2.75) is 86.0 Å². The van der Waals surface area contributed by atoms with E-state index in [1.165, 1.54) is 0 Å². The molecule has 2 aromatic heterocycles. The lowest BCUT2D eigenvalue weighted by molar-refractivity contribution is -0.171. The predicted octanol–water partition coefficient (Wildman–Crippen LogP) is 5.29. The molecule has 0 saturated carbocycles. The molecule has 2 aromatic rings. The van der Waals surface area contributed by atoms with Crippen molar-refractivity contribution in [1.29, 1.82) is 0 Å². The van der Waals surface area contributed by atoms with Crippen molar-refractivity contribution in [3.63, 3.8) is 0 Å². The Bertz CT molecular complexity index is 1020. The Labute approximate surface area is 209 Å². The number of hydrogen-bond acceptors (Lipinski definition) is 8. The Morgan fingerprint density at radius 2 is 1.66 bits per heavy atom. The number of rotatable bonds is 7. The highest BCUT2D eigenvalue weighted by Gasteiger charge is 2.37. The van der Waals surface area contributed by atoms with Crippen LogP contribution in [0.25, 0.3) is 11.4 Å². The van der Waals surface area contributed by atoms with E-state index in [9.17, 15) is 4.79 Å². The van der Waals surface area contributed by atoms with E-state index in [2.05, 4.69) is 33.7 Å². The summed E-state index contributed by atoms with van der Waals surface area (Å²) in [6, 6.07) is 0. The summed E-state index contributed by atoms with van der Waals surface area (Å²) in [5, 5.41) is 0. The van der Waals surface area contributed by atoms with E-state index in [-0.39, 0.29) is 11.5 Å². The van der Waals surface area contributed by atoms with Gasteiger partial charge in [0.1, 0.15) is 0 Å². The van der Waals surface area contributed by atoms with Crippen LogP contribution in [0.5, 0.6) is 5.75 Å². The van der Waals surface area contributed by atoms with Crippen molar-refractivity contribution < 1.29 is 19.0 Å². The number of pyridine rings is 1. The Morgan fingerprint density at radius 3 is 2.17 bits per heavy atom. The van der Waals surface area contributed by atoms with E-state index in [1.54, 1.807) is 25.7 Å². The van der Waals surface area contributed by atoms with Crippen LogP contribution in [0.4, 0.5) is 5.69 Å². The van der Waals surface area contributed by atoms with Gasteiger partial charge in [0.15, 0.2) is 17.7 Å². The third kappa shape index (κ3) is 6.69. The van der Waals surface area contributed by atoms with Gasteiger partial charge in [-0.05, 0) is 59.8 Å². The van der Waals surface area contributed by atoms with Gasteiger partial charge in [0, 0.05) is 30.5 Å². The maximum Gasteiger partial charge on any atom is 0.340 e. The van der Waals surface area contributed by atoms with Crippen LogP contribution in [0.1, 0.15) is 78.7 Å². The van der Waals surface area contributed by atoms with Crippen molar-refractivity contribution in [3.05, 3.63) is 29.8 Å². The quantitative estimate of drug-likeness (QED) is 0.490. The number of hydrogen-bond donors (Lipinski definition) is 0. The normalized spacial score (nSPS) is 16.8. The minimum atomic E-state index is -0.937. The monoisotopic (exact) mass is 484 g/mol. The van der Waals surface area contributed by atoms with Crippen LogP contribution in [0.2, 0.25) is 0 Å². The average Bonchev–Trinajstić information content (AvgIpc) is 2.76. The van der Waals surface area contributed by atoms with Crippen LogP contribution in [-0.4, -0.2) is 52.8 Å². The minimum Gasteiger partial charge on any atom is -0.494 e. The van der Waals surface area contributed by atoms with Gasteiger partial charge < -0.3 is 19.1 Å². The average molecular weight is 485 g/mol. The molecular weight excluding hydrogens is 444 g/mol. The second kappa shape index (κ2) is 10.5. The number of esters is 1. The molecule has 0 aliphatic carbocycles. The molecule has 35 heavy (non-hydrogen) atoms. The molecule has 8 heteroatoms. The maximum absolute atomic E-state index is 13.4. The molecule has 0 amide bonds. The number of nitrogens with zero attached hydrogens (tertiary/aromatic N) is 4. The third-order valence-electron chi connectivity index (χ3n) is 6.12. The lowest BCUT2D eigenvalue weighted by Crippen LogP contribution is -2.39. The molecule has 1 atom stereocenters. The number of carbonyl (C=O) groups excluding carboxylic acids is 1. The van der Waals surface area contributed by atoms with Crippen LogP contribution in [0.15, 0.2) is 18.6 Å². The fourth-order valence-electron chi connectivity index (χ4n) is 4.20. The summed E-state index contributed by atoms with van der Waals surface area (Å²) in [7, 11) is 1.58. The Kier molecular flexibility index (Phi) is 8.04. The SMILES string of the molecule is COc1cnc(-c2cnc(C)c([C@H](OC(C)(C)C)C(=O)OC(C)C)c2N2CCC(C)(C)CC2)nc1. The van der Waals surface area contributed by atoms with E-state index in [1.807, 2.05) is 41.5 Å².